The summed E-state index contributed by atoms with van der Waals surface area (Å²) in [4.78, 5) is 0. The average Bonchev–Trinajstić information content (AvgIpc) is 4.14. The number of halogens is 3. The second-order valence-electron chi connectivity index (χ2n) is 14.4. The van der Waals surface area contributed by atoms with Crippen molar-refractivity contribution in [1.29, 1.82) is 0 Å². The topological polar surface area (TPSA) is 55.4 Å². The summed E-state index contributed by atoms with van der Waals surface area (Å²) in [6.07, 6.45) is 14.1. The van der Waals surface area contributed by atoms with E-state index in [-0.39, 0.29) is 83.3 Å². The van der Waals surface area contributed by atoms with E-state index < -0.39 is 6.15 Å². The monoisotopic (exact) mass is 904 g/mol. The molecule has 4 aromatic carbocycles. The van der Waals surface area contributed by atoms with E-state index >= 15 is 0 Å². The maximum Gasteiger partial charge on any atom is 2.00 e. The van der Waals surface area contributed by atoms with Gasteiger partial charge in [-0.3, -0.25) is 0 Å². The fourth-order valence-electron chi connectivity index (χ4n) is 7.18. The van der Waals surface area contributed by atoms with E-state index in [0.717, 1.165) is 79.3 Å². The van der Waals surface area contributed by atoms with Gasteiger partial charge in [-0.2, -0.15) is 21.9 Å². The average molecular weight is 907 g/mol. The summed E-state index contributed by atoms with van der Waals surface area (Å²) in [5.41, 5.74) is 5.36. The van der Waals surface area contributed by atoms with Gasteiger partial charge in [-0.05, 0) is 77.0 Å². The Bertz CT molecular complexity index is 1150. The quantitative estimate of drug-likeness (QED) is 0.224. The van der Waals surface area contributed by atoms with Crippen molar-refractivity contribution >= 4 is 74.1 Å². The Morgan fingerprint density at radius 1 is 0.233 bits per heavy atom. The second-order valence-corrected chi connectivity index (χ2v) is 14.4. The minimum atomic E-state index is -1.22. The SMILES string of the molecule is C1CCOC1.C1CCOC1.C1CCOC1.C1CCOC1.C1CCOC1.C1CCOC1.[Cl-].[Cl-].[Cl-].[Mg+2].[Mg+2].c1ccc([B-](c2ccccc2)(c2ccccc2)c2ccccc2)cc1. The fraction of sp³-hybridized carbons (Fsp3) is 0.500. The summed E-state index contributed by atoms with van der Waals surface area (Å²) in [6.45, 7) is 12.0. The van der Waals surface area contributed by atoms with Gasteiger partial charge in [-0.1, -0.05) is 121 Å². The Labute approximate surface area is 414 Å². The molecule has 0 unspecified atom stereocenters. The van der Waals surface area contributed by atoms with Crippen LogP contribution in [0.3, 0.4) is 0 Å². The molecule has 10 rings (SSSR count). The molecule has 4 aromatic rings. The van der Waals surface area contributed by atoms with Gasteiger partial charge in [0.1, 0.15) is 6.15 Å². The maximum absolute atomic E-state index is 4.94. The van der Waals surface area contributed by atoms with E-state index in [9.17, 15) is 0 Å². The third-order valence-corrected chi connectivity index (χ3v) is 10.2. The smallest absolute Gasteiger partial charge is 1.00 e. The molecule has 6 heterocycles. The van der Waals surface area contributed by atoms with Crippen molar-refractivity contribution in [3.05, 3.63) is 121 Å². The first-order chi connectivity index (χ1) is 27.4. The molecule has 12 heteroatoms. The molecule has 324 valence electrons. The Morgan fingerprint density at radius 3 is 0.467 bits per heavy atom. The van der Waals surface area contributed by atoms with Gasteiger partial charge in [-0.25, -0.2) is 0 Å². The van der Waals surface area contributed by atoms with E-state index in [2.05, 4.69) is 121 Å². The molecule has 0 amide bonds. The van der Waals surface area contributed by atoms with Crippen LogP contribution in [0.15, 0.2) is 121 Å². The summed E-state index contributed by atoms with van der Waals surface area (Å²) in [7, 11) is 0. The number of ether oxygens (including phenoxy) is 6. The van der Waals surface area contributed by atoms with Crippen molar-refractivity contribution in [2.75, 3.05) is 79.3 Å². The fourth-order valence-corrected chi connectivity index (χ4v) is 7.18. The first kappa shape index (κ1) is 61.2. The van der Waals surface area contributed by atoms with Crippen molar-refractivity contribution in [1.82, 2.24) is 0 Å². The normalized spacial score (nSPS) is 16.7. The number of hydrogen-bond acceptors (Lipinski definition) is 6. The zero-order chi connectivity index (χ0) is 38.2. The molecule has 60 heavy (non-hydrogen) atoms. The Hall–Kier alpha value is -0.893. The molecule has 0 aromatic heterocycles. The van der Waals surface area contributed by atoms with E-state index in [1.165, 1.54) is 98.9 Å². The zero-order valence-electron chi connectivity index (χ0n) is 36.1. The Kier molecular flexibility index (Phi) is 42.9. The van der Waals surface area contributed by atoms with Crippen LogP contribution in [0.4, 0.5) is 0 Å². The molecule has 0 atom stereocenters. The first-order valence-corrected chi connectivity index (χ1v) is 21.3. The molecule has 6 nitrogen and oxygen atoms in total. The van der Waals surface area contributed by atoms with E-state index in [1.807, 2.05) is 0 Å². The molecule has 6 saturated heterocycles. The van der Waals surface area contributed by atoms with E-state index in [1.54, 1.807) is 0 Å². The van der Waals surface area contributed by atoms with Gasteiger partial charge in [0, 0.05) is 79.3 Å². The molecule has 0 N–H and O–H groups in total. The molecular formula is C48H68BCl3Mg2O6. The zero-order valence-corrected chi connectivity index (χ0v) is 41.2. The van der Waals surface area contributed by atoms with Crippen molar-refractivity contribution in [2.24, 2.45) is 0 Å². The van der Waals surface area contributed by atoms with Gasteiger partial charge >= 0.3 is 46.1 Å². The van der Waals surface area contributed by atoms with E-state index in [0.29, 0.717) is 0 Å². The molecule has 0 radical (unpaired) electrons. The summed E-state index contributed by atoms with van der Waals surface area (Å²) in [5, 5.41) is 0. The van der Waals surface area contributed by atoms with Crippen LogP contribution in [0, 0.1) is 0 Å². The third-order valence-electron chi connectivity index (χ3n) is 10.2. The van der Waals surface area contributed by atoms with Crippen molar-refractivity contribution < 1.29 is 65.6 Å². The molecule has 6 aliphatic rings. The second kappa shape index (κ2) is 42.1. The molecule has 0 saturated carbocycles. The maximum atomic E-state index is 4.94. The molecule has 0 bridgehead atoms. The molecule has 0 aliphatic carbocycles. The van der Waals surface area contributed by atoms with Crippen LogP contribution in [0.25, 0.3) is 0 Å². The minimum Gasteiger partial charge on any atom is -1.00 e. The molecule has 6 aliphatic heterocycles. The van der Waals surface area contributed by atoms with Gasteiger partial charge in [0.15, 0.2) is 0 Å². The summed E-state index contributed by atoms with van der Waals surface area (Å²) in [6, 6.07) is 43.5. The summed E-state index contributed by atoms with van der Waals surface area (Å²) < 4.78 is 29.7. The van der Waals surface area contributed by atoms with Gasteiger partial charge < -0.3 is 65.6 Å². The van der Waals surface area contributed by atoms with E-state index in [4.69, 9.17) is 28.4 Å². The van der Waals surface area contributed by atoms with Gasteiger partial charge in [0.2, 0.25) is 0 Å². The predicted molar refractivity (Wildman–Crippen MR) is 242 cm³/mol. The molecular weight excluding hydrogens is 838 g/mol. The summed E-state index contributed by atoms with van der Waals surface area (Å²) in [5.74, 6) is 0. The van der Waals surface area contributed by atoms with Gasteiger partial charge in [0.05, 0.1) is 0 Å². The minimum absolute atomic E-state index is 0. The van der Waals surface area contributed by atoms with Crippen LogP contribution in [-0.2, 0) is 28.4 Å². The van der Waals surface area contributed by atoms with Crippen LogP contribution in [0.2, 0.25) is 0 Å². The van der Waals surface area contributed by atoms with Crippen LogP contribution < -0.4 is 59.1 Å². The molecule has 0 spiro atoms. The van der Waals surface area contributed by atoms with Crippen LogP contribution >= 0.6 is 0 Å². The first-order valence-electron chi connectivity index (χ1n) is 21.3. The number of rotatable bonds is 4. The van der Waals surface area contributed by atoms with Crippen molar-refractivity contribution in [2.45, 2.75) is 77.0 Å². The largest absolute Gasteiger partial charge is 2.00 e. The Morgan fingerprint density at radius 2 is 0.367 bits per heavy atom. The number of hydrogen-bond donors (Lipinski definition) is 0. The van der Waals surface area contributed by atoms with Crippen LogP contribution in [0.1, 0.15) is 77.0 Å². The summed E-state index contributed by atoms with van der Waals surface area (Å²) >= 11 is 0. The van der Waals surface area contributed by atoms with Crippen LogP contribution in [0.5, 0.6) is 0 Å². The molecule has 6 fully saturated rings. The third kappa shape index (κ3) is 24.8. The predicted octanol–water partition coefficient (Wildman–Crippen LogP) is -1.90. The van der Waals surface area contributed by atoms with Gasteiger partial charge in [-0.15, -0.1) is 0 Å². The van der Waals surface area contributed by atoms with Crippen molar-refractivity contribution in [3.63, 3.8) is 0 Å². The Balaban J connectivity index is 0. The standard InChI is InChI=1S/C24H20B.6C4H8O.3ClH.2Mg/c1-5-13-21(14-6-1)25(22-15-7-2-8-16-22,23-17-9-3-10-18-23)24-19-11-4-12-20-24;6*1-2-4-5-3-1;;;;;/h1-20H;6*1-4H2;3*1H;;/q-1;;;;;;;;;;2*+2/p-3. The van der Waals surface area contributed by atoms with Gasteiger partial charge in [0.25, 0.3) is 0 Å². The number of benzene rings is 4. The van der Waals surface area contributed by atoms with Crippen molar-refractivity contribution in [3.8, 4) is 0 Å². The van der Waals surface area contributed by atoms with Crippen LogP contribution in [-0.4, -0.2) is 132 Å².